The summed E-state index contributed by atoms with van der Waals surface area (Å²) in [6.45, 7) is 0. The monoisotopic (exact) mass is 246 g/mol. The maximum atomic E-state index is 12.2. The molecule has 0 bridgehead atoms. The van der Waals surface area contributed by atoms with Gasteiger partial charge >= 0.3 is 0 Å². The lowest BCUT2D eigenvalue weighted by atomic mass is 9.78. The van der Waals surface area contributed by atoms with E-state index in [4.69, 9.17) is 0 Å². The Hall–Kier alpha value is -2.15. The molecule has 0 aliphatic heterocycles. The summed E-state index contributed by atoms with van der Waals surface area (Å²) in [5.74, 6) is 0.262. The van der Waals surface area contributed by atoms with Gasteiger partial charge in [-0.05, 0) is 40.7 Å². The zero-order valence-electron chi connectivity index (χ0n) is 10.6. The highest BCUT2D eigenvalue weighted by Gasteiger charge is 2.24. The molecule has 0 radical (unpaired) electrons. The first kappa shape index (κ1) is 10.7. The molecule has 4 rings (SSSR count). The zero-order valence-corrected chi connectivity index (χ0v) is 10.6. The molecule has 1 aromatic carbocycles. The molecule has 0 fully saturated rings. The molecule has 0 N–H and O–H groups in total. The molecule has 3 aliphatic carbocycles. The van der Waals surface area contributed by atoms with Crippen molar-refractivity contribution in [3.63, 3.8) is 0 Å². The molecule has 0 spiro atoms. The number of hydrogen-bond donors (Lipinski definition) is 0. The van der Waals surface area contributed by atoms with E-state index in [0.717, 1.165) is 24.0 Å². The minimum atomic E-state index is 0.262. The summed E-state index contributed by atoms with van der Waals surface area (Å²) >= 11 is 0. The Morgan fingerprint density at radius 2 is 1.95 bits per heavy atom. The van der Waals surface area contributed by atoms with Crippen LogP contribution in [-0.4, -0.2) is 5.78 Å². The Morgan fingerprint density at radius 1 is 1.00 bits per heavy atom. The van der Waals surface area contributed by atoms with E-state index < -0.39 is 0 Å². The summed E-state index contributed by atoms with van der Waals surface area (Å²) in [5.41, 5.74) is 7.20. The highest BCUT2D eigenvalue weighted by Crippen LogP contribution is 2.39. The van der Waals surface area contributed by atoms with Crippen LogP contribution in [-0.2, 0) is 6.42 Å². The first-order valence-corrected chi connectivity index (χ1v) is 6.77. The van der Waals surface area contributed by atoms with Crippen LogP contribution in [0.15, 0.2) is 48.1 Å². The summed E-state index contributed by atoms with van der Waals surface area (Å²) in [6, 6.07) is 4.26. The molecule has 1 heteroatoms. The number of fused-ring (bicyclic) bond motifs is 5. The molecule has 1 nitrogen and oxygen atoms in total. The van der Waals surface area contributed by atoms with Gasteiger partial charge in [0.1, 0.15) is 0 Å². The van der Waals surface area contributed by atoms with Gasteiger partial charge < -0.3 is 0 Å². The molecule has 92 valence electrons. The lowest BCUT2D eigenvalue weighted by Crippen LogP contribution is -2.14. The van der Waals surface area contributed by atoms with Crippen molar-refractivity contribution in [1.29, 1.82) is 0 Å². The molecule has 3 aliphatic rings. The maximum absolute atomic E-state index is 12.2. The number of ketones is 1. The Bertz CT molecular complexity index is 711. The SMILES string of the molecule is O=C1CC=Cc2ccc3c(c21)CC=C1CC=CC=C13. The van der Waals surface area contributed by atoms with E-state index in [1.807, 2.05) is 6.08 Å². The van der Waals surface area contributed by atoms with E-state index in [9.17, 15) is 4.79 Å². The second kappa shape index (κ2) is 3.92. The molecule has 0 saturated carbocycles. The van der Waals surface area contributed by atoms with Gasteiger partial charge in [-0.1, -0.05) is 48.6 Å². The predicted octanol–water partition coefficient (Wildman–Crippen LogP) is 4.11. The van der Waals surface area contributed by atoms with Gasteiger partial charge in [0.25, 0.3) is 0 Å². The van der Waals surface area contributed by atoms with E-state index >= 15 is 0 Å². The van der Waals surface area contributed by atoms with Crippen molar-refractivity contribution in [2.45, 2.75) is 19.3 Å². The van der Waals surface area contributed by atoms with Gasteiger partial charge in [-0.3, -0.25) is 4.79 Å². The van der Waals surface area contributed by atoms with E-state index in [0.29, 0.717) is 6.42 Å². The molecular formula is C18H14O. The standard InChI is InChI=1S/C18H14O/c19-17-7-3-5-13-9-10-15-14-6-2-1-4-12(14)8-11-16(15)18(13)17/h1-3,5-6,8-10H,4,7,11H2. The summed E-state index contributed by atoms with van der Waals surface area (Å²) in [5, 5.41) is 0. The minimum absolute atomic E-state index is 0.262. The van der Waals surface area contributed by atoms with Crippen LogP contribution in [0.2, 0.25) is 0 Å². The van der Waals surface area contributed by atoms with Crippen LogP contribution >= 0.6 is 0 Å². The van der Waals surface area contributed by atoms with Crippen LogP contribution in [0.4, 0.5) is 0 Å². The van der Waals surface area contributed by atoms with Crippen LogP contribution < -0.4 is 0 Å². The van der Waals surface area contributed by atoms with Crippen LogP contribution in [0.25, 0.3) is 11.6 Å². The van der Waals surface area contributed by atoms with Crippen molar-refractivity contribution >= 4 is 17.4 Å². The summed E-state index contributed by atoms with van der Waals surface area (Å²) < 4.78 is 0. The lowest BCUT2D eigenvalue weighted by Gasteiger charge is -2.25. The van der Waals surface area contributed by atoms with Crippen molar-refractivity contribution < 1.29 is 4.79 Å². The number of hydrogen-bond acceptors (Lipinski definition) is 1. The maximum Gasteiger partial charge on any atom is 0.167 e. The van der Waals surface area contributed by atoms with Crippen molar-refractivity contribution in [3.8, 4) is 0 Å². The second-order valence-corrected chi connectivity index (χ2v) is 5.23. The second-order valence-electron chi connectivity index (χ2n) is 5.23. The van der Waals surface area contributed by atoms with E-state index in [1.165, 1.54) is 22.3 Å². The molecule has 0 atom stereocenters. The number of carbonyl (C=O) groups is 1. The van der Waals surface area contributed by atoms with Crippen molar-refractivity contribution in [1.82, 2.24) is 0 Å². The molecule has 0 heterocycles. The van der Waals surface area contributed by atoms with Gasteiger partial charge in [0, 0.05) is 12.0 Å². The average Bonchev–Trinajstić information content (AvgIpc) is 2.46. The highest BCUT2D eigenvalue weighted by atomic mass is 16.1. The van der Waals surface area contributed by atoms with Gasteiger partial charge in [-0.15, -0.1) is 0 Å². The number of benzene rings is 1. The lowest BCUT2D eigenvalue weighted by molar-refractivity contribution is 0.0993. The topological polar surface area (TPSA) is 17.1 Å². The first-order chi connectivity index (χ1) is 9.34. The number of Topliss-reactive ketones (excluding diaryl/α,β-unsaturated/α-hetero) is 1. The molecule has 0 aromatic heterocycles. The van der Waals surface area contributed by atoms with Gasteiger partial charge in [0.2, 0.25) is 0 Å². The van der Waals surface area contributed by atoms with Gasteiger partial charge in [-0.2, -0.15) is 0 Å². The smallest absolute Gasteiger partial charge is 0.167 e. The van der Waals surface area contributed by atoms with Crippen LogP contribution in [0.5, 0.6) is 0 Å². The number of carbonyl (C=O) groups excluding carboxylic acids is 1. The quantitative estimate of drug-likeness (QED) is 0.673. The van der Waals surface area contributed by atoms with Crippen LogP contribution in [0.3, 0.4) is 0 Å². The Morgan fingerprint density at radius 3 is 2.89 bits per heavy atom. The molecule has 0 amide bonds. The zero-order chi connectivity index (χ0) is 12.8. The summed E-state index contributed by atoms with van der Waals surface area (Å²) in [6.07, 6.45) is 15.2. The Kier molecular flexibility index (Phi) is 2.22. The van der Waals surface area contributed by atoms with Crippen LogP contribution in [0, 0.1) is 0 Å². The Balaban J connectivity index is 1.99. The van der Waals surface area contributed by atoms with E-state index in [2.05, 4.69) is 42.5 Å². The fraction of sp³-hybridized carbons (Fsp3) is 0.167. The third kappa shape index (κ3) is 1.51. The normalized spacial score (nSPS) is 19.3. The average molecular weight is 246 g/mol. The largest absolute Gasteiger partial charge is 0.294 e. The molecule has 19 heavy (non-hydrogen) atoms. The summed E-state index contributed by atoms with van der Waals surface area (Å²) in [7, 11) is 0. The van der Waals surface area contributed by atoms with Crippen molar-refractivity contribution in [3.05, 3.63) is 70.3 Å². The Labute approximate surface area is 112 Å². The van der Waals surface area contributed by atoms with Crippen LogP contribution in [0.1, 0.15) is 39.9 Å². The highest BCUT2D eigenvalue weighted by molar-refractivity contribution is 6.06. The fourth-order valence-corrected chi connectivity index (χ4v) is 3.25. The number of allylic oxidation sites excluding steroid dienone is 7. The first-order valence-electron chi connectivity index (χ1n) is 6.77. The number of rotatable bonds is 0. The van der Waals surface area contributed by atoms with Crippen molar-refractivity contribution in [2.75, 3.05) is 0 Å². The molecule has 0 saturated heterocycles. The van der Waals surface area contributed by atoms with Gasteiger partial charge in [0.15, 0.2) is 5.78 Å². The van der Waals surface area contributed by atoms with Crippen molar-refractivity contribution in [2.24, 2.45) is 0 Å². The molecule has 1 aromatic rings. The third-order valence-electron chi connectivity index (χ3n) is 4.15. The molecular weight excluding hydrogens is 232 g/mol. The van der Waals surface area contributed by atoms with E-state index in [-0.39, 0.29) is 5.78 Å². The van der Waals surface area contributed by atoms with Gasteiger partial charge in [0.05, 0.1) is 0 Å². The van der Waals surface area contributed by atoms with E-state index in [1.54, 1.807) is 0 Å². The fourth-order valence-electron chi connectivity index (χ4n) is 3.25. The minimum Gasteiger partial charge on any atom is -0.294 e. The summed E-state index contributed by atoms with van der Waals surface area (Å²) in [4.78, 5) is 12.2. The third-order valence-corrected chi connectivity index (χ3v) is 4.15. The molecule has 0 unspecified atom stereocenters. The van der Waals surface area contributed by atoms with Gasteiger partial charge in [-0.25, -0.2) is 0 Å². The predicted molar refractivity (Wildman–Crippen MR) is 77.9 cm³/mol.